The van der Waals surface area contributed by atoms with Gasteiger partial charge in [-0.1, -0.05) is 0 Å². The quantitative estimate of drug-likeness (QED) is 0.759. The van der Waals surface area contributed by atoms with Crippen molar-refractivity contribution in [1.82, 2.24) is 14.9 Å². The van der Waals surface area contributed by atoms with Crippen molar-refractivity contribution in [2.24, 2.45) is 0 Å². The summed E-state index contributed by atoms with van der Waals surface area (Å²) in [5.41, 5.74) is 2.49. The Kier molecular flexibility index (Phi) is 2.11. The minimum Gasteiger partial charge on any atom is -0.422 e. The maximum atomic E-state index is 5.85. The number of rotatable bonds is 1. The number of oxazole rings is 1. The number of hydrogen-bond donors (Lipinski definition) is 0. The van der Waals surface area contributed by atoms with Crippen LogP contribution >= 0.6 is 0 Å². The Balaban J connectivity index is 1.73. The molecule has 0 radical (unpaired) electrons. The molecule has 4 rings (SSSR count). The van der Waals surface area contributed by atoms with Gasteiger partial charge in [0.1, 0.15) is 0 Å². The molecular weight excluding hydrogens is 228 g/mol. The van der Waals surface area contributed by atoms with Crippen molar-refractivity contribution >= 4 is 17.2 Å². The van der Waals surface area contributed by atoms with E-state index in [2.05, 4.69) is 19.8 Å². The van der Waals surface area contributed by atoms with E-state index in [9.17, 15) is 0 Å². The number of aryl methyl sites for hydroxylation is 1. The Morgan fingerprint density at radius 1 is 1.22 bits per heavy atom. The van der Waals surface area contributed by atoms with Crippen LogP contribution in [-0.4, -0.2) is 47.1 Å². The van der Waals surface area contributed by atoms with Crippen LogP contribution in [0.1, 0.15) is 12.1 Å². The second-order valence-electron chi connectivity index (χ2n) is 5.21. The number of anilines is 1. The lowest BCUT2D eigenvalue weighted by atomic mass is 10.2. The second-order valence-corrected chi connectivity index (χ2v) is 5.21. The molecule has 5 nitrogen and oxygen atoms in total. The van der Waals surface area contributed by atoms with Crippen LogP contribution in [-0.2, 0) is 0 Å². The monoisotopic (exact) mass is 244 g/mol. The highest BCUT2D eigenvalue weighted by Crippen LogP contribution is 2.28. The standard InChI is InChI=1S/C13H16N4O/c1-9-2-3-11-12(14-9)15-13(18-11)17-7-6-16-5-4-10(17)8-16/h2-3,10H,4-8H2,1H3/t10-/m1/s1. The first-order chi connectivity index (χ1) is 8.79. The van der Waals surface area contributed by atoms with E-state index in [-0.39, 0.29) is 0 Å². The molecule has 0 spiro atoms. The van der Waals surface area contributed by atoms with Crippen molar-refractivity contribution in [2.45, 2.75) is 19.4 Å². The first-order valence-corrected chi connectivity index (χ1v) is 6.53. The number of piperazine rings is 1. The first-order valence-electron chi connectivity index (χ1n) is 6.53. The summed E-state index contributed by atoms with van der Waals surface area (Å²) >= 11 is 0. The molecule has 2 aliphatic rings. The predicted molar refractivity (Wildman–Crippen MR) is 68.7 cm³/mol. The smallest absolute Gasteiger partial charge is 0.300 e. The Morgan fingerprint density at radius 2 is 2.17 bits per heavy atom. The highest BCUT2D eigenvalue weighted by molar-refractivity contribution is 5.70. The molecule has 0 amide bonds. The van der Waals surface area contributed by atoms with Crippen LogP contribution < -0.4 is 4.90 Å². The van der Waals surface area contributed by atoms with Crippen LogP contribution in [0.2, 0.25) is 0 Å². The summed E-state index contributed by atoms with van der Waals surface area (Å²) in [5.74, 6) is 0. The summed E-state index contributed by atoms with van der Waals surface area (Å²) in [6.07, 6.45) is 1.21. The lowest BCUT2D eigenvalue weighted by molar-refractivity contribution is 0.304. The zero-order valence-electron chi connectivity index (χ0n) is 10.5. The van der Waals surface area contributed by atoms with Crippen LogP contribution in [0.5, 0.6) is 0 Å². The van der Waals surface area contributed by atoms with Crippen molar-refractivity contribution in [3.8, 4) is 0 Å². The molecule has 2 saturated heterocycles. The van der Waals surface area contributed by atoms with Crippen molar-refractivity contribution < 1.29 is 4.42 Å². The van der Waals surface area contributed by atoms with Crippen LogP contribution in [0, 0.1) is 6.92 Å². The molecule has 5 heteroatoms. The molecule has 4 heterocycles. The lowest BCUT2D eigenvalue weighted by Crippen LogP contribution is -2.46. The van der Waals surface area contributed by atoms with E-state index in [0.29, 0.717) is 6.04 Å². The molecule has 0 N–H and O–H groups in total. The van der Waals surface area contributed by atoms with Gasteiger partial charge in [-0.05, 0) is 25.5 Å². The van der Waals surface area contributed by atoms with Crippen molar-refractivity contribution in [3.05, 3.63) is 17.8 Å². The van der Waals surface area contributed by atoms with Crippen LogP contribution in [0.3, 0.4) is 0 Å². The van der Waals surface area contributed by atoms with Gasteiger partial charge in [0, 0.05) is 37.9 Å². The van der Waals surface area contributed by atoms with Crippen molar-refractivity contribution in [1.29, 1.82) is 0 Å². The molecule has 0 aliphatic carbocycles. The van der Waals surface area contributed by atoms with Gasteiger partial charge in [-0.15, -0.1) is 0 Å². The SMILES string of the molecule is Cc1ccc2oc(N3CCN4CC[C@@H]3C4)nc2n1. The molecule has 0 aromatic carbocycles. The summed E-state index contributed by atoms with van der Waals surface area (Å²) in [6, 6.07) is 5.23. The number of hydrogen-bond acceptors (Lipinski definition) is 5. The van der Waals surface area contributed by atoms with E-state index in [1.54, 1.807) is 0 Å². The van der Waals surface area contributed by atoms with E-state index in [1.165, 1.54) is 13.0 Å². The molecule has 94 valence electrons. The average Bonchev–Trinajstić information content (AvgIpc) is 2.94. The van der Waals surface area contributed by atoms with E-state index >= 15 is 0 Å². The minimum atomic E-state index is 0.563. The van der Waals surface area contributed by atoms with E-state index in [1.807, 2.05) is 19.1 Å². The van der Waals surface area contributed by atoms with E-state index in [0.717, 1.165) is 42.6 Å². The largest absolute Gasteiger partial charge is 0.422 e. The Bertz CT molecular complexity index is 594. The summed E-state index contributed by atoms with van der Waals surface area (Å²) in [6.45, 7) is 6.45. The predicted octanol–water partition coefficient (Wildman–Crippen LogP) is 1.43. The second kappa shape index (κ2) is 3.68. The van der Waals surface area contributed by atoms with Gasteiger partial charge in [0.15, 0.2) is 5.58 Å². The third-order valence-electron chi connectivity index (χ3n) is 3.97. The van der Waals surface area contributed by atoms with Crippen molar-refractivity contribution in [2.75, 3.05) is 31.1 Å². The molecule has 2 fully saturated rings. The summed E-state index contributed by atoms with van der Waals surface area (Å²) in [5, 5.41) is 0. The van der Waals surface area contributed by atoms with Gasteiger partial charge >= 0.3 is 0 Å². The Hall–Kier alpha value is -1.62. The van der Waals surface area contributed by atoms with Gasteiger partial charge in [0.25, 0.3) is 6.01 Å². The number of nitrogens with zero attached hydrogens (tertiary/aromatic N) is 4. The molecule has 0 saturated carbocycles. The molecule has 1 unspecified atom stereocenters. The third kappa shape index (κ3) is 1.50. The third-order valence-corrected chi connectivity index (χ3v) is 3.97. The fourth-order valence-corrected chi connectivity index (χ4v) is 2.98. The van der Waals surface area contributed by atoms with Gasteiger partial charge in [-0.3, -0.25) is 4.90 Å². The molecular formula is C13H16N4O. The van der Waals surface area contributed by atoms with E-state index < -0.39 is 0 Å². The number of aromatic nitrogens is 2. The normalized spacial score (nSPS) is 27.1. The van der Waals surface area contributed by atoms with Gasteiger partial charge < -0.3 is 9.32 Å². The van der Waals surface area contributed by atoms with Crippen molar-refractivity contribution in [3.63, 3.8) is 0 Å². The van der Waals surface area contributed by atoms with E-state index in [4.69, 9.17) is 4.42 Å². The Morgan fingerprint density at radius 3 is 3.11 bits per heavy atom. The zero-order valence-corrected chi connectivity index (χ0v) is 10.5. The lowest BCUT2D eigenvalue weighted by Gasteiger charge is -2.32. The summed E-state index contributed by atoms with van der Waals surface area (Å²) in [7, 11) is 0. The molecule has 2 aliphatic heterocycles. The first kappa shape index (κ1) is 10.3. The van der Waals surface area contributed by atoms with Crippen LogP contribution in [0.4, 0.5) is 6.01 Å². The fourth-order valence-electron chi connectivity index (χ4n) is 2.98. The van der Waals surface area contributed by atoms with Crippen LogP contribution in [0.25, 0.3) is 11.2 Å². The van der Waals surface area contributed by atoms with Crippen LogP contribution in [0.15, 0.2) is 16.5 Å². The highest BCUT2D eigenvalue weighted by Gasteiger charge is 2.34. The fraction of sp³-hybridized carbons (Fsp3) is 0.538. The molecule has 2 bridgehead atoms. The maximum absolute atomic E-state index is 5.85. The van der Waals surface area contributed by atoms with Gasteiger partial charge in [-0.25, -0.2) is 4.98 Å². The maximum Gasteiger partial charge on any atom is 0.300 e. The van der Waals surface area contributed by atoms with Gasteiger partial charge in [0.05, 0.1) is 0 Å². The summed E-state index contributed by atoms with van der Waals surface area (Å²) < 4.78 is 5.85. The number of pyridine rings is 1. The molecule has 2 aromatic rings. The van der Waals surface area contributed by atoms with Gasteiger partial charge in [-0.2, -0.15) is 4.98 Å². The molecule has 18 heavy (non-hydrogen) atoms. The Labute approximate surface area is 105 Å². The average molecular weight is 244 g/mol. The molecule has 2 atom stereocenters. The molecule has 2 aromatic heterocycles. The van der Waals surface area contributed by atoms with Gasteiger partial charge in [0.2, 0.25) is 5.65 Å². The topological polar surface area (TPSA) is 45.4 Å². The number of fused-ring (bicyclic) bond motifs is 3. The highest BCUT2D eigenvalue weighted by atomic mass is 16.4. The zero-order chi connectivity index (χ0) is 12.1. The summed E-state index contributed by atoms with van der Waals surface area (Å²) in [4.78, 5) is 13.8. The minimum absolute atomic E-state index is 0.563.